The molecule has 2 nitrogen and oxygen atoms in total. The van der Waals surface area contributed by atoms with Crippen molar-refractivity contribution in [2.75, 3.05) is 7.11 Å². The molecule has 0 fully saturated rings. The van der Waals surface area contributed by atoms with Gasteiger partial charge in [0.05, 0.1) is 11.6 Å². The third-order valence-electron chi connectivity index (χ3n) is 1.94. The molecule has 0 aliphatic rings. The maximum absolute atomic E-state index is 13.4. The monoisotopic (exact) mass is 279 g/mol. The summed E-state index contributed by atoms with van der Waals surface area (Å²) in [4.78, 5) is 0. The summed E-state index contributed by atoms with van der Waals surface area (Å²) >= 11 is 2.94. The van der Waals surface area contributed by atoms with Crippen LogP contribution in [0.5, 0.6) is 5.75 Å². The van der Waals surface area contributed by atoms with Gasteiger partial charge in [0.15, 0.2) is 11.6 Å². The predicted octanol–water partition coefficient (Wildman–Crippen LogP) is 2.63. The molecule has 15 heavy (non-hydrogen) atoms. The van der Waals surface area contributed by atoms with E-state index in [0.29, 0.717) is 12.0 Å². The summed E-state index contributed by atoms with van der Waals surface area (Å²) in [5, 5.41) is 0. The van der Waals surface area contributed by atoms with Crippen molar-refractivity contribution in [3.05, 3.63) is 27.7 Å². The molecule has 2 N–H and O–H groups in total. The summed E-state index contributed by atoms with van der Waals surface area (Å²) in [6.07, 6.45) is 0.430. The van der Waals surface area contributed by atoms with Gasteiger partial charge in [0, 0.05) is 11.6 Å². The molecule has 84 valence electrons. The average Bonchev–Trinajstić information content (AvgIpc) is 2.14. The zero-order valence-electron chi connectivity index (χ0n) is 8.48. The number of benzene rings is 1. The van der Waals surface area contributed by atoms with Crippen molar-refractivity contribution in [2.45, 2.75) is 19.4 Å². The third kappa shape index (κ3) is 2.66. The SMILES string of the molecule is COc1c(CC(C)N)cc(Br)c(F)c1F. The standard InChI is InChI=1S/C10H12BrF2NO/c1-5(14)3-6-4-7(11)8(12)9(13)10(6)15-2/h4-5H,3,14H2,1-2H3. The molecular formula is C10H12BrF2NO. The van der Waals surface area contributed by atoms with Gasteiger partial charge in [0.25, 0.3) is 0 Å². The molecule has 1 unspecified atom stereocenters. The summed E-state index contributed by atoms with van der Waals surface area (Å²) in [5.41, 5.74) is 6.15. The molecule has 0 amide bonds. The van der Waals surface area contributed by atoms with Crippen LogP contribution in [0, 0.1) is 11.6 Å². The van der Waals surface area contributed by atoms with Crippen molar-refractivity contribution in [1.82, 2.24) is 0 Å². The fourth-order valence-corrected chi connectivity index (χ4v) is 1.80. The minimum absolute atomic E-state index is 0.0759. The van der Waals surface area contributed by atoms with E-state index < -0.39 is 11.6 Å². The van der Waals surface area contributed by atoms with Gasteiger partial charge in [0.1, 0.15) is 0 Å². The first-order valence-electron chi connectivity index (χ1n) is 4.43. The van der Waals surface area contributed by atoms with E-state index in [9.17, 15) is 8.78 Å². The molecule has 5 heteroatoms. The Morgan fingerprint density at radius 1 is 1.47 bits per heavy atom. The van der Waals surface area contributed by atoms with E-state index in [1.54, 1.807) is 6.92 Å². The number of methoxy groups -OCH3 is 1. The van der Waals surface area contributed by atoms with Gasteiger partial charge in [-0.25, -0.2) is 4.39 Å². The largest absolute Gasteiger partial charge is 0.493 e. The number of halogens is 3. The number of rotatable bonds is 3. The second-order valence-electron chi connectivity index (χ2n) is 3.36. The Balaban J connectivity index is 3.25. The Hall–Kier alpha value is -0.680. The summed E-state index contributed by atoms with van der Waals surface area (Å²) in [5.74, 6) is -2.00. The summed E-state index contributed by atoms with van der Waals surface area (Å²) in [6.45, 7) is 1.79. The molecule has 0 saturated heterocycles. The molecule has 0 bridgehead atoms. The molecular weight excluding hydrogens is 268 g/mol. The lowest BCUT2D eigenvalue weighted by molar-refractivity contribution is 0.365. The first-order chi connectivity index (χ1) is 6.97. The number of nitrogens with two attached hydrogens (primary N) is 1. The van der Waals surface area contributed by atoms with Crippen LogP contribution in [0.4, 0.5) is 8.78 Å². The topological polar surface area (TPSA) is 35.2 Å². The van der Waals surface area contributed by atoms with Gasteiger partial charge in [-0.05, 0) is 35.3 Å². The Bertz CT molecular complexity index is 369. The molecule has 0 spiro atoms. The van der Waals surface area contributed by atoms with Crippen molar-refractivity contribution in [3.63, 3.8) is 0 Å². The lowest BCUT2D eigenvalue weighted by Gasteiger charge is -2.12. The first-order valence-corrected chi connectivity index (χ1v) is 5.22. The van der Waals surface area contributed by atoms with Crippen LogP contribution in [0.3, 0.4) is 0 Å². The number of hydrogen-bond donors (Lipinski definition) is 1. The van der Waals surface area contributed by atoms with Gasteiger partial charge >= 0.3 is 0 Å². The van der Waals surface area contributed by atoms with Crippen LogP contribution < -0.4 is 10.5 Å². The Morgan fingerprint density at radius 2 is 2.07 bits per heavy atom. The lowest BCUT2D eigenvalue weighted by Crippen LogP contribution is -2.18. The van der Waals surface area contributed by atoms with Gasteiger partial charge in [-0.1, -0.05) is 0 Å². The van der Waals surface area contributed by atoms with E-state index in [1.807, 2.05) is 0 Å². The minimum Gasteiger partial charge on any atom is -0.493 e. The van der Waals surface area contributed by atoms with Crippen molar-refractivity contribution >= 4 is 15.9 Å². The van der Waals surface area contributed by atoms with Gasteiger partial charge in [0.2, 0.25) is 5.82 Å². The zero-order valence-corrected chi connectivity index (χ0v) is 10.1. The van der Waals surface area contributed by atoms with E-state index in [1.165, 1.54) is 13.2 Å². The van der Waals surface area contributed by atoms with Crippen LogP contribution in [0.2, 0.25) is 0 Å². The maximum atomic E-state index is 13.4. The highest BCUT2D eigenvalue weighted by atomic mass is 79.9. The number of ether oxygens (including phenoxy) is 1. The van der Waals surface area contributed by atoms with Gasteiger partial charge < -0.3 is 10.5 Å². The fraction of sp³-hybridized carbons (Fsp3) is 0.400. The molecule has 0 radical (unpaired) electrons. The van der Waals surface area contributed by atoms with Crippen LogP contribution in [0.25, 0.3) is 0 Å². The van der Waals surface area contributed by atoms with Crippen LogP contribution in [0.1, 0.15) is 12.5 Å². The van der Waals surface area contributed by atoms with Crippen LogP contribution >= 0.6 is 15.9 Å². The zero-order chi connectivity index (χ0) is 11.6. The first kappa shape index (κ1) is 12.4. The molecule has 0 heterocycles. The molecule has 1 rings (SSSR count). The molecule has 0 aromatic heterocycles. The molecule has 0 saturated carbocycles. The van der Waals surface area contributed by atoms with Crippen LogP contribution in [-0.2, 0) is 6.42 Å². The van der Waals surface area contributed by atoms with E-state index >= 15 is 0 Å². The molecule has 1 aromatic carbocycles. The smallest absolute Gasteiger partial charge is 0.202 e. The third-order valence-corrected chi connectivity index (χ3v) is 2.52. The minimum atomic E-state index is -0.984. The van der Waals surface area contributed by atoms with Crippen LogP contribution in [-0.4, -0.2) is 13.2 Å². The Kier molecular flexibility index (Phi) is 4.04. The van der Waals surface area contributed by atoms with Crippen LogP contribution in [0.15, 0.2) is 10.5 Å². The fourth-order valence-electron chi connectivity index (χ4n) is 1.35. The summed E-state index contributed by atoms with van der Waals surface area (Å²) in [6, 6.07) is 1.34. The van der Waals surface area contributed by atoms with Crippen molar-refractivity contribution < 1.29 is 13.5 Å². The average molecular weight is 280 g/mol. The van der Waals surface area contributed by atoms with Crippen molar-refractivity contribution in [1.29, 1.82) is 0 Å². The predicted molar refractivity (Wildman–Crippen MR) is 58.0 cm³/mol. The highest BCUT2D eigenvalue weighted by molar-refractivity contribution is 9.10. The quantitative estimate of drug-likeness (QED) is 0.864. The van der Waals surface area contributed by atoms with Crippen molar-refractivity contribution in [3.8, 4) is 5.75 Å². The van der Waals surface area contributed by atoms with Gasteiger partial charge in [-0.2, -0.15) is 4.39 Å². The van der Waals surface area contributed by atoms with E-state index in [4.69, 9.17) is 10.5 Å². The highest BCUT2D eigenvalue weighted by Gasteiger charge is 2.18. The second-order valence-corrected chi connectivity index (χ2v) is 4.21. The summed E-state index contributed by atoms with van der Waals surface area (Å²) < 4.78 is 31.5. The Labute approximate surface area is 95.5 Å². The Morgan fingerprint density at radius 3 is 2.53 bits per heavy atom. The molecule has 1 atom stereocenters. The van der Waals surface area contributed by atoms with E-state index in [0.717, 1.165) is 0 Å². The summed E-state index contributed by atoms with van der Waals surface area (Å²) in [7, 11) is 1.30. The van der Waals surface area contributed by atoms with Gasteiger partial charge in [-0.15, -0.1) is 0 Å². The maximum Gasteiger partial charge on any atom is 0.202 e. The highest BCUT2D eigenvalue weighted by Crippen LogP contribution is 2.31. The lowest BCUT2D eigenvalue weighted by atomic mass is 10.1. The number of hydrogen-bond acceptors (Lipinski definition) is 2. The molecule has 1 aromatic rings. The van der Waals surface area contributed by atoms with Crippen molar-refractivity contribution in [2.24, 2.45) is 5.73 Å². The van der Waals surface area contributed by atoms with Gasteiger partial charge in [-0.3, -0.25) is 0 Å². The second kappa shape index (κ2) is 4.90. The normalized spacial score (nSPS) is 12.7. The van der Waals surface area contributed by atoms with E-state index in [-0.39, 0.29) is 16.3 Å². The van der Waals surface area contributed by atoms with E-state index in [2.05, 4.69) is 15.9 Å². The molecule has 0 aliphatic carbocycles. The molecule has 0 aliphatic heterocycles.